The predicted molar refractivity (Wildman–Crippen MR) is 123 cm³/mol. The molecule has 0 aliphatic carbocycles. The fourth-order valence-electron chi connectivity index (χ4n) is 3.61. The molecule has 0 aliphatic rings. The Morgan fingerprint density at radius 2 is 1.75 bits per heavy atom. The van der Waals surface area contributed by atoms with Crippen LogP contribution in [0.2, 0.25) is 0 Å². The first kappa shape index (κ1) is 21.4. The number of amides is 1. The molecule has 0 unspecified atom stereocenters. The minimum atomic E-state index is -0.135. The summed E-state index contributed by atoms with van der Waals surface area (Å²) < 4.78 is 13.4. The quantitative estimate of drug-likeness (QED) is 0.373. The Hall–Kier alpha value is -3.87. The number of methoxy groups -OCH3 is 1. The normalized spacial score (nSPS) is 10.8. The molecule has 1 amide bonds. The molecule has 2 aromatic heterocycles. The van der Waals surface area contributed by atoms with E-state index in [-0.39, 0.29) is 5.91 Å². The average Bonchev–Trinajstić information content (AvgIpc) is 3.19. The molecule has 7 heteroatoms. The Kier molecular flexibility index (Phi) is 6.65. The molecule has 0 spiro atoms. The van der Waals surface area contributed by atoms with Gasteiger partial charge in [0.15, 0.2) is 11.5 Å². The summed E-state index contributed by atoms with van der Waals surface area (Å²) in [6.07, 6.45) is 2.40. The van der Waals surface area contributed by atoms with Gasteiger partial charge >= 0.3 is 0 Å². The first-order chi connectivity index (χ1) is 15.7. The number of ether oxygens (including phenoxy) is 2. The van der Waals surface area contributed by atoms with Crippen LogP contribution in [0.3, 0.4) is 0 Å². The molecule has 4 aromatic rings. The predicted octanol–water partition coefficient (Wildman–Crippen LogP) is 4.18. The van der Waals surface area contributed by atoms with Gasteiger partial charge in [-0.15, -0.1) is 0 Å². The van der Waals surface area contributed by atoms with Crippen molar-refractivity contribution in [3.8, 4) is 11.5 Å². The zero-order valence-electron chi connectivity index (χ0n) is 18.3. The van der Waals surface area contributed by atoms with Crippen LogP contribution in [-0.4, -0.2) is 46.1 Å². The molecular formula is C25H26N4O3. The van der Waals surface area contributed by atoms with Gasteiger partial charge in [0.25, 0.3) is 5.91 Å². The summed E-state index contributed by atoms with van der Waals surface area (Å²) in [6, 6.07) is 20.9. The maximum Gasteiger partial charge on any atom is 0.272 e. The van der Waals surface area contributed by atoms with Crippen molar-refractivity contribution in [2.75, 3.05) is 20.8 Å². The number of pyridine rings is 1. The molecule has 7 nitrogen and oxygen atoms in total. The number of carbonyl (C=O) groups excluding carboxylic acids is 1. The van der Waals surface area contributed by atoms with Gasteiger partial charge in [-0.1, -0.05) is 30.3 Å². The topological polar surface area (TPSA) is 69.5 Å². The second kappa shape index (κ2) is 9.96. The van der Waals surface area contributed by atoms with Gasteiger partial charge in [0, 0.05) is 19.8 Å². The lowest BCUT2D eigenvalue weighted by atomic mass is 10.3. The van der Waals surface area contributed by atoms with Gasteiger partial charge in [-0.25, -0.2) is 4.98 Å². The van der Waals surface area contributed by atoms with Crippen molar-refractivity contribution in [2.24, 2.45) is 0 Å². The molecule has 0 aliphatic heterocycles. The molecule has 164 valence electrons. The van der Waals surface area contributed by atoms with E-state index in [0.29, 0.717) is 18.8 Å². The SMILES string of the molecule is COc1ccccc1OCCCn1c(CN(C)C(=O)c2ccccn2)nc2ccccc21. The molecule has 0 N–H and O–H groups in total. The zero-order chi connectivity index (χ0) is 22.3. The summed E-state index contributed by atoms with van der Waals surface area (Å²) in [5, 5.41) is 0. The summed E-state index contributed by atoms with van der Waals surface area (Å²) in [7, 11) is 3.40. The molecule has 2 heterocycles. The Morgan fingerprint density at radius 1 is 1.00 bits per heavy atom. The van der Waals surface area contributed by atoms with Gasteiger partial charge < -0.3 is 18.9 Å². The van der Waals surface area contributed by atoms with Crippen LogP contribution in [0, 0.1) is 0 Å². The number of aryl methyl sites for hydroxylation is 1. The molecule has 4 rings (SSSR count). The number of hydrogen-bond acceptors (Lipinski definition) is 5. The van der Waals surface area contributed by atoms with Crippen molar-refractivity contribution in [3.05, 3.63) is 84.4 Å². The van der Waals surface area contributed by atoms with E-state index in [0.717, 1.165) is 41.3 Å². The molecule has 2 aromatic carbocycles. The van der Waals surface area contributed by atoms with Crippen molar-refractivity contribution in [1.29, 1.82) is 0 Å². The van der Waals surface area contributed by atoms with Crippen molar-refractivity contribution in [3.63, 3.8) is 0 Å². The van der Waals surface area contributed by atoms with Crippen molar-refractivity contribution in [1.82, 2.24) is 19.4 Å². The van der Waals surface area contributed by atoms with Crippen LogP contribution in [0.15, 0.2) is 72.9 Å². The summed E-state index contributed by atoms with van der Waals surface area (Å²) >= 11 is 0. The average molecular weight is 431 g/mol. The monoisotopic (exact) mass is 430 g/mol. The van der Waals surface area contributed by atoms with Crippen LogP contribution in [0.25, 0.3) is 11.0 Å². The highest BCUT2D eigenvalue weighted by molar-refractivity contribution is 5.92. The largest absolute Gasteiger partial charge is 0.493 e. The van der Waals surface area contributed by atoms with Gasteiger partial charge in [-0.2, -0.15) is 0 Å². The van der Waals surface area contributed by atoms with Gasteiger partial charge in [0.05, 0.1) is 31.3 Å². The zero-order valence-corrected chi connectivity index (χ0v) is 18.3. The third-order valence-corrected chi connectivity index (χ3v) is 5.20. The summed E-state index contributed by atoms with van der Waals surface area (Å²) in [6.45, 7) is 1.64. The van der Waals surface area contributed by atoms with Gasteiger partial charge in [0.1, 0.15) is 11.5 Å². The minimum Gasteiger partial charge on any atom is -0.493 e. The molecule has 32 heavy (non-hydrogen) atoms. The van der Waals surface area contributed by atoms with Gasteiger partial charge in [-0.05, 0) is 42.8 Å². The number of carbonyl (C=O) groups is 1. The number of imidazole rings is 1. The van der Waals surface area contributed by atoms with Gasteiger partial charge in [-0.3, -0.25) is 9.78 Å². The number of benzene rings is 2. The van der Waals surface area contributed by atoms with E-state index in [1.807, 2.05) is 54.6 Å². The summed E-state index contributed by atoms with van der Waals surface area (Å²) in [4.78, 5) is 23.3. The Labute approximate surface area is 187 Å². The molecule has 0 atom stereocenters. The second-order valence-electron chi connectivity index (χ2n) is 7.40. The fraction of sp³-hybridized carbons (Fsp3) is 0.240. The van der Waals surface area contributed by atoms with E-state index in [2.05, 4.69) is 9.55 Å². The maximum absolute atomic E-state index is 12.7. The standard InChI is InChI=1S/C25H26N4O3/c1-28(25(30)20-11-7-8-15-26-20)18-24-27-19-10-3-4-12-21(19)29(24)16-9-17-32-23-14-6-5-13-22(23)31-2/h3-8,10-15H,9,16-18H2,1-2H3. The lowest BCUT2D eigenvalue weighted by molar-refractivity contribution is 0.0774. The minimum absolute atomic E-state index is 0.135. The lowest BCUT2D eigenvalue weighted by Gasteiger charge is -2.18. The highest BCUT2D eigenvalue weighted by atomic mass is 16.5. The molecule has 0 bridgehead atoms. The van der Waals surface area contributed by atoms with Crippen LogP contribution < -0.4 is 9.47 Å². The van der Waals surface area contributed by atoms with Crippen LogP contribution in [0.4, 0.5) is 0 Å². The Bertz CT molecular complexity index is 1190. The van der Waals surface area contributed by atoms with Crippen molar-refractivity contribution in [2.45, 2.75) is 19.5 Å². The first-order valence-electron chi connectivity index (χ1n) is 10.5. The Morgan fingerprint density at radius 3 is 2.53 bits per heavy atom. The number of nitrogens with zero attached hydrogens (tertiary/aromatic N) is 4. The van der Waals surface area contributed by atoms with E-state index in [1.165, 1.54) is 0 Å². The van der Waals surface area contributed by atoms with Crippen molar-refractivity contribution >= 4 is 16.9 Å². The molecule has 0 saturated heterocycles. The van der Waals surface area contributed by atoms with E-state index in [1.54, 1.807) is 37.4 Å². The maximum atomic E-state index is 12.7. The Balaban J connectivity index is 1.47. The van der Waals surface area contributed by atoms with E-state index >= 15 is 0 Å². The first-order valence-corrected chi connectivity index (χ1v) is 10.5. The van der Waals surface area contributed by atoms with Crippen LogP contribution in [0.5, 0.6) is 11.5 Å². The summed E-state index contributed by atoms with van der Waals surface area (Å²) in [5.74, 6) is 2.14. The number of fused-ring (bicyclic) bond motifs is 1. The number of aromatic nitrogens is 3. The smallest absolute Gasteiger partial charge is 0.272 e. The lowest BCUT2D eigenvalue weighted by Crippen LogP contribution is -2.28. The number of rotatable bonds is 9. The van der Waals surface area contributed by atoms with Crippen molar-refractivity contribution < 1.29 is 14.3 Å². The second-order valence-corrected chi connectivity index (χ2v) is 7.40. The van der Waals surface area contributed by atoms with E-state index < -0.39 is 0 Å². The molecule has 0 saturated carbocycles. The third-order valence-electron chi connectivity index (χ3n) is 5.20. The van der Waals surface area contributed by atoms with E-state index in [9.17, 15) is 4.79 Å². The van der Waals surface area contributed by atoms with Crippen LogP contribution in [-0.2, 0) is 13.1 Å². The number of hydrogen-bond donors (Lipinski definition) is 0. The van der Waals surface area contributed by atoms with Gasteiger partial charge in [0.2, 0.25) is 0 Å². The van der Waals surface area contributed by atoms with Crippen LogP contribution in [0.1, 0.15) is 22.7 Å². The molecule has 0 fully saturated rings. The molecular weight excluding hydrogens is 404 g/mol. The highest BCUT2D eigenvalue weighted by Gasteiger charge is 2.17. The highest BCUT2D eigenvalue weighted by Crippen LogP contribution is 2.26. The summed E-state index contributed by atoms with van der Waals surface area (Å²) in [5.41, 5.74) is 2.37. The van der Waals surface area contributed by atoms with E-state index in [4.69, 9.17) is 14.5 Å². The number of para-hydroxylation sites is 4. The third kappa shape index (κ3) is 4.72. The molecule has 0 radical (unpaired) electrons. The van der Waals surface area contributed by atoms with Crippen LogP contribution >= 0.6 is 0 Å². The fourth-order valence-corrected chi connectivity index (χ4v) is 3.61.